The second kappa shape index (κ2) is 6.45. The highest BCUT2D eigenvalue weighted by molar-refractivity contribution is 9.10. The summed E-state index contributed by atoms with van der Waals surface area (Å²) in [6.07, 6.45) is 1.53. The number of halogens is 1. The number of benzene rings is 1. The number of ether oxygens (including phenoxy) is 2. The van der Waals surface area contributed by atoms with Crippen molar-refractivity contribution in [2.24, 2.45) is 0 Å². The van der Waals surface area contributed by atoms with Crippen LogP contribution in [0.2, 0.25) is 0 Å². The highest BCUT2D eigenvalue weighted by Gasteiger charge is 2.14. The molecular formula is C14H14BrN3O3. The van der Waals surface area contributed by atoms with E-state index in [0.717, 1.165) is 0 Å². The van der Waals surface area contributed by atoms with Gasteiger partial charge in [0.1, 0.15) is 17.3 Å². The van der Waals surface area contributed by atoms with Crippen molar-refractivity contribution < 1.29 is 14.3 Å². The topological polar surface area (TPSA) is 86.5 Å². The maximum absolute atomic E-state index is 12.3. The lowest BCUT2D eigenvalue weighted by Crippen LogP contribution is -2.15. The molecule has 0 radical (unpaired) electrons. The largest absolute Gasteiger partial charge is 0.497 e. The van der Waals surface area contributed by atoms with Crippen LogP contribution < -0.4 is 20.5 Å². The van der Waals surface area contributed by atoms with Crippen LogP contribution in [0.1, 0.15) is 10.4 Å². The molecule has 3 N–H and O–H groups in total. The Labute approximate surface area is 130 Å². The third-order valence-electron chi connectivity index (χ3n) is 2.78. The number of carbonyl (C=O) groups excluding carboxylic acids is 1. The number of pyridine rings is 1. The highest BCUT2D eigenvalue weighted by atomic mass is 79.9. The van der Waals surface area contributed by atoms with Crippen LogP contribution in [0.25, 0.3) is 0 Å². The lowest BCUT2D eigenvalue weighted by atomic mass is 10.2. The molecule has 0 bridgehead atoms. The number of rotatable bonds is 4. The molecule has 1 amide bonds. The molecule has 0 saturated carbocycles. The number of amides is 1. The second-order valence-corrected chi connectivity index (χ2v) is 5.02. The molecule has 110 valence electrons. The van der Waals surface area contributed by atoms with E-state index in [9.17, 15) is 4.79 Å². The smallest absolute Gasteiger partial charge is 0.259 e. The highest BCUT2D eigenvalue weighted by Crippen LogP contribution is 2.29. The Morgan fingerprint density at radius 3 is 2.71 bits per heavy atom. The van der Waals surface area contributed by atoms with Crippen molar-refractivity contribution in [3.8, 4) is 11.5 Å². The van der Waals surface area contributed by atoms with Gasteiger partial charge in [0.15, 0.2) is 0 Å². The number of hydrogen-bond acceptors (Lipinski definition) is 5. The van der Waals surface area contributed by atoms with Gasteiger partial charge in [-0.2, -0.15) is 0 Å². The Morgan fingerprint density at radius 1 is 1.29 bits per heavy atom. The Balaban J connectivity index is 2.32. The number of nitrogens with one attached hydrogen (secondary N) is 1. The van der Waals surface area contributed by atoms with Crippen molar-refractivity contribution in [1.29, 1.82) is 0 Å². The molecule has 21 heavy (non-hydrogen) atoms. The Hall–Kier alpha value is -2.28. The molecule has 0 atom stereocenters. The minimum absolute atomic E-state index is 0.151. The Kier molecular flexibility index (Phi) is 4.64. The summed E-state index contributed by atoms with van der Waals surface area (Å²) in [7, 11) is 3.07. The van der Waals surface area contributed by atoms with Crippen LogP contribution in [-0.2, 0) is 0 Å². The average molecular weight is 352 g/mol. The summed E-state index contributed by atoms with van der Waals surface area (Å²) < 4.78 is 11.0. The molecule has 0 fully saturated rings. The molecule has 0 unspecified atom stereocenters. The third-order valence-corrected chi connectivity index (χ3v) is 3.22. The molecule has 1 aromatic heterocycles. The summed E-state index contributed by atoms with van der Waals surface area (Å²) >= 11 is 3.26. The van der Waals surface area contributed by atoms with Crippen molar-refractivity contribution in [2.45, 2.75) is 0 Å². The molecule has 2 rings (SSSR count). The van der Waals surface area contributed by atoms with Crippen LogP contribution in [0.3, 0.4) is 0 Å². The Bertz CT molecular complexity index is 677. The van der Waals surface area contributed by atoms with E-state index in [4.69, 9.17) is 15.2 Å². The maximum atomic E-state index is 12.3. The fourth-order valence-electron chi connectivity index (χ4n) is 1.73. The predicted molar refractivity (Wildman–Crippen MR) is 83.8 cm³/mol. The standard InChI is InChI=1S/C14H14BrN3O3/c1-20-9-3-4-12(21-2)11(6-9)18-14(19)10-5-8(15)7-17-13(10)16/h3-7H,1-2H3,(H2,16,17)(H,18,19). The fraction of sp³-hybridized carbons (Fsp3) is 0.143. The molecule has 7 heteroatoms. The maximum Gasteiger partial charge on any atom is 0.259 e. The van der Waals surface area contributed by atoms with Crippen molar-refractivity contribution >= 4 is 33.3 Å². The lowest BCUT2D eigenvalue weighted by Gasteiger charge is -2.12. The number of anilines is 2. The van der Waals surface area contributed by atoms with Gasteiger partial charge in [0.05, 0.1) is 25.5 Å². The summed E-state index contributed by atoms with van der Waals surface area (Å²) in [6, 6.07) is 6.71. The van der Waals surface area contributed by atoms with Crippen molar-refractivity contribution in [2.75, 3.05) is 25.3 Å². The van der Waals surface area contributed by atoms with Crippen molar-refractivity contribution in [3.05, 3.63) is 40.5 Å². The first kappa shape index (κ1) is 15.1. The summed E-state index contributed by atoms with van der Waals surface area (Å²) in [5.41, 5.74) is 6.48. The lowest BCUT2D eigenvalue weighted by molar-refractivity contribution is 0.102. The summed E-state index contributed by atoms with van der Waals surface area (Å²) in [5.74, 6) is 0.891. The predicted octanol–water partition coefficient (Wildman–Crippen LogP) is 2.70. The number of methoxy groups -OCH3 is 2. The normalized spacial score (nSPS) is 10.0. The van der Waals surface area contributed by atoms with Gasteiger partial charge in [-0.25, -0.2) is 4.98 Å². The number of nitrogens with zero attached hydrogens (tertiary/aromatic N) is 1. The third kappa shape index (κ3) is 3.43. The SMILES string of the molecule is COc1ccc(OC)c(NC(=O)c2cc(Br)cnc2N)c1. The molecule has 6 nitrogen and oxygen atoms in total. The summed E-state index contributed by atoms with van der Waals surface area (Å²) in [5, 5.41) is 2.74. The first-order valence-corrected chi connectivity index (χ1v) is 6.79. The van der Waals surface area contributed by atoms with Crippen LogP contribution in [0.5, 0.6) is 11.5 Å². The number of hydrogen-bond donors (Lipinski definition) is 2. The quantitative estimate of drug-likeness (QED) is 0.884. The van der Waals surface area contributed by atoms with E-state index in [1.165, 1.54) is 13.3 Å². The second-order valence-electron chi connectivity index (χ2n) is 4.11. The van der Waals surface area contributed by atoms with Crippen LogP contribution in [0, 0.1) is 0 Å². The van der Waals surface area contributed by atoms with Crippen LogP contribution in [0.4, 0.5) is 11.5 Å². The van der Waals surface area contributed by atoms with Gasteiger partial charge in [0, 0.05) is 16.7 Å². The zero-order chi connectivity index (χ0) is 15.4. The van der Waals surface area contributed by atoms with Gasteiger partial charge in [-0.05, 0) is 34.1 Å². The van der Waals surface area contributed by atoms with Crippen LogP contribution in [0.15, 0.2) is 34.9 Å². The van der Waals surface area contributed by atoms with Gasteiger partial charge in [-0.15, -0.1) is 0 Å². The van der Waals surface area contributed by atoms with Gasteiger partial charge >= 0.3 is 0 Å². The zero-order valence-electron chi connectivity index (χ0n) is 11.5. The van der Waals surface area contributed by atoms with E-state index < -0.39 is 0 Å². The number of nitrogen functional groups attached to an aromatic ring is 1. The molecule has 0 spiro atoms. The van der Waals surface area contributed by atoms with Gasteiger partial charge in [0.2, 0.25) is 0 Å². The van der Waals surface area contributed by atoms with Gasteiger partial charge in [-0.3, -0.25) is 4.79 Å². The number of nitrogens with two attached hydrogens (primary N) is 1. The fourth-order valence-corrected chi connectivity index (χ4v) is 2.06. The van der Waals surface area contributed by atoms with Crippen LogP contribution in [-0.4, -0.2) is 25.1 Å². The molecule has 0 aliphatic rings. The van der Waals surface area contributed by atoms with Gasteiger partial charge in [0.25, 0.3) is 5.91 Å². The monoisotopic (exact) mass is 351 g/mol. The number of carbonyl (C=O) groups is 1. The molecule has 0 aliphatic heterocycles. The molecule has 2 aromatic rings. The molecule has 0 aliphatic carbocycles. The molecule has 1 aromatic carbocycles. The van der Waals surface area contributed by atoms with E-state index in [0.29, 0.717) is 21.7 Å². The molecular weight excluding hydrogens is 338 g/mol. The minimum Gasteiger partial charge on any atom is -0.497 e. The molecule has 1 heterocycles. The van der Waals surface area contributed by atoms with E-state index in [1.54, 1.807) is 31.4 Å². The van der Waals surface area contributed by atoms with E-state index in [2.05, 4.69) is 26.2 Å². The summed E-state index contributed by atoms with van der Waals surface area (Å²) in [4.78, 5) is 16.2. The van der Waals surface area contributed by atoms with Gasteiger partial charge in [-0.1, -0.05) is 0 Å². The summed E-state index contributed by atoms with van der Waals surface area (Å²) in [6.45, 7) is 0. The van der Waals surface area contributed by atoms with Gasteiger partial charge < -0.3 is 20.5 Å². The Morgan fingerprint density at radius 2 is 2.05 bits per heavy atom. The van der Waals surface area contributed by atoms with E-state index in [1.807, 2.05) is 0 Å². The van der Waals surface area contributed by atoms with Crippen LogP contribution >= 0.6 is 15.9 Å². The average Bonchev–Trinajstić information content (AvgIpc) is 2.49. The first-order valence-electron chi connectivity index (χ1n) is 5.99. The van der Waals surface area contributed by atoms with Crippen molar-refractivity contribution in [3.63, 3.8) is 0 Å². The first-order chi connectivity index (χ1) is 10.0. The van der Waals surface area contributed by atoms with Crippen molar-refractivity contribution in [1.82, 2.24) is 4.98 Å². The molecule has 0 saturated heterocycles. The minimum atomic E-state index is -0.382. The van der Waals surface area contributed by atoms with E-state index in [-0.39, 0.29) is 17.3 Å². The zero-order valence-corrected chi connectivity index (χ0v) is 13.1. The van der Waals surface area contributed by atoms with E-state index >= 15 is 0 Å². The number of aromatic nitrogens is 1.